The molecule has 0 radical (unpaired) electrons. The van der Waals surface area contributed by atoms with Crippen LogP contribution < -0.4 is 0 Å². The highest BCUT2D eigenvalue weighted by Crippen LogP contribution is 1.83. The van der Waals surface area contributed by atoms with E-state index in [-0.39, 0.29) is 143 Å². The predicted molar refractivity (Wildman–Crippen MR) is 194 cm³/mol. The molecule has 0 aromatic rings. The molecule has 0 heterocycles. The van der Waals surface area contributed by atoms with Gasteiger partial charge in [0.2, 0.25) is 0 Å². The second-order valence-corrected chi connectivity index (χ2v) is 4.71. The van der Waals surface area contributed by atoms with E-state index in [1.165, 1.54) is 6.42 Å². The first-order chi connectivity index (χ1) is 12.9. The van der Waals surface area contributed by atoms with Gasteiger partial charge in [0.1, 0.15) is 13.6 Å². The third-order valence-electron chi connectivity index (χ3n) is 1.13. The lowest BCUT2D eigenvalue weighted by Gasteiger charge is -2.06. The van der Waals surface area contributed by atoms with Crippen molar-refractivity contribution in [1.82, 2.24) is 0 Å². The van der Waals surface area contributed by atoms with Crippen molar-refractivity contribution in [1.29, 1.82) is 0 Å². The van der Waals surface area contributed by atoms with Gasteiger partial charge in [0.25, 0.3) is 0 Å². The fourth-order valence-electron chi connectivity index (χ4n) is 0.563. The molecule has 0 spiro atoms. The maximum Gasteiger partial charge on any atom is 0.152 e. The molecule has 0 unspecified atom stereocenters. The zero-order chi connectivity index (χ0) is 22.2. The zero-order valence-electron chi connectivity index (χ0n) is 18.7. The van der Waals surface area contributed by atoms with Gasteiger partial charge in [-0.25, -0.2) is 0 Å². The third-order valence-corrected chi connectivity index (χ3v) is 1.13. The maximum absolute atomic E-state index is 8.06. The first kappa shape index (κ1) is 126. The van der Waals surface area contributed by atoms with Crippen LogP contribution in [-0.2, 0) is 28.4 Å². The van der Waals surface area contributed by atoms with E-state index in [9.17, 15) is 0 Å². The Bertz CT molecular complexity index is 159. The quantitative estimate of drug-likeness (QED) is 0.154. The Balaban J connectivity index is -0.0000000103. The number of rotatable bonds is 11. The van der Waals surface area contributed by atoms with Gasteiger partial charge in [-0.3, -0.25) is 0 Å². The highest BCUT2D eigenvalue weighted by molar-refractivity contribution is 4.21. The van der Waals surface area contributed by atoms with Gasteiger partial charge < -0.3 is 43.7 Å². The lowest BCUT2D eigenvalue weighted by atomic mass is 10.5. The van der Waals surface area contributed by atoms with Crippen LogP contribution in [0.2, 0.25) is 0 Å². The van der Waals surface area contributed by atoms with E-state index in [1.54, 1.807) is 41.9 Å². The standard InChI is InChI=1S/C8H18O6.C3H8O.C3H8.2C2H6O.13CH4/c1-9-3-4-11-6-13-8-14-7-12-5-10-2;1-3(2)4;1-3-2;2*1-2-3;;;;;;;;;;;;;/h3-8H2,1-2H3;3-4H,1-2H3;3H2,1-2H3;2*3H,2H2,1H3;13*1H4. The molecule has 0 aromatic carbocycles. The van der Waals surface area contributed by atoms with Crippen molar-refractivity contribution in [3.63, 3.8) is 0 Å². The summed E-state index contributed by atoms with van der Waals surface area (Å²) in [6, 6.07) is 0. The summed E-state index contributed by atoms with van der Waals surface area (Å²) in [5.74, 6) is 0. The second-order valence-electron chi connectivity index (χ2n) is 4.71. The third kappa shape index (κ3) is 446. The number of ether oxygens (including phenoxy) is 6. The molecule has 9 nitrogen and oxygen atoms in total. The SMILES string of the molecule is C.C.C.C.C.C.C.C.C.C.C.C.C.CC(C)O.CCC.CCO.CCO.COCCOCOCOCOCOC. The van der Waals surface area contributed by atoms with E-state index in [4.69, 9.17) is 39.0 Å². The second kappa shape index (κ2) is 176. The van der Waals surface area contributed by atoms with Crippen LogP contribution in [-0.4, -0.2) is 89.2 Å². The van der Waals surface area contributed by atoms with Crippen molar-refractivity contribution in [2.24, 2.45) is 0 Å². The van der Waals surface area contributed by atoms with E-state index < -0.39 is 0 Å². The fourth-order valence-corrected chi connectivity index (χ4v) is 0.563. The molecular formula is C31H98O9. The van der Waals surface area contributed by atoms with Crippen LogP contribution in [0.4, 0.5) is 0 Å². The monoisotopic (exact) mass is 615 g/mol. The molecule has 0 amide bonds. The van der Waals surface area contributed by atoms with Crippen LogP contribution in [0.3, 0.4) is 0 Å². The van der Waals surface area contributed by atoms with Crippen molar-refractivity contribution in [3.8, 4) is 0 Å². The van der Waals surface area contributed by atoms with E-state index in [0.29, 0.717) is 13.2 Å². The molecule has 0 aliphatic rings. The molecule has 9 heteroatoms. The van der Waals surface area contributed by atoms with Crippen molar-refractivity contribution in [2.75, 3.05) is 67.8 Å². The topological polar surface area (TPSA) is 116 Å². The molecule has 0 aliphatic heterocycles. The molecule has 3 N–H and O–H groups in total. The highest BCUT2D eigenvalue weighted by atomic mass is 16.8. The van der Waals surface area contributed by atoms with Gasteiger partial charge >= 0.3 is 0 Å². The molecule has 40 heavy (non-hydrogen) atoms. The fraction of sp³-hybridized carbons (Fsp3) is 1.00. The molecule has 0 saturated heterocycles. The molecule has 276 valence electrons. The van der Waals surface area contributed by atoms with Crippen LogP contribution in [0.5, 0.6) is 0 Å². The number of hydrogen-bond acceptors (Lipinski definition) is 9. The van der Waals surface area contributed by atoms with E-state index in [1.807, 2.05) is 0 Å². The maximum atomic E-state index is 8.06. The first-order valence-electron chi connectivity index (χ1n) is 9.08. The number of methoxy groups -OCH3 is 2. The van der Waals surface area contributed by atoms with Crippen LogP contribution in [0.15, 0.2) is 0 Å². The van der Waals surface area contributed by atoms with Gasteiger partial charge in [0.15, 0.2) is 13.6 Å². The van der Waals surface area contributed by atoms with Crippen molar-refractivity contribution in [2.45, 2.75) is 151 Å². The number of aliphatic hydroxyl groups is 3. The summed E-state index contributed by atoms with van der Waals surface area (Å²) in [6.07, 6.45) is 1.08. The molecule has 0 bridgehead atoms. The van der Waals surface area contributed by atoms with Crippen LogP contribution in [0.1, 0.15) is 145 Å². The van der Waals surface area contributed by atoms with Crippen molar-refractivity contribution < 1.29 is 43.7 Å². The summed E-state index contributed by atoms with van der Waals surface area (Å²) >= 11 is 0. The zero-order valence-corrected chi connectivity index (χ0v) is 18.7. The van der Waals surface area contributed by atoms with Crippen molar-refractivity contribution >= 4 is 0 Å². The Morgan fingerprint density at radius 2 is 0.650 bits per heavy atom. The largest absolute Gasteiger partial charge is 0.397 e. The summed E-state index contributed by atoms with van der Waals surface area (Å²) in [6.45, 7) is 13.3. The minimum absolute atomic E-state index is 0. The molecular weight excluding hydrogens is 516 g/mol. The van der Waals surface area contributed by atoms with Crippen molar-refractivity contribution in [3.05, 3.63) is 0 Å². The Morgan fingerprint density at radius 1 is 0.450 bits per heavy atom. The van der Waals surface area contributed by atoms with Crippen LogP contribution in [0.25, 0.3) is 0 Å². The molecule has 0 rings (SSSR count). The summed E-state index contributed by atoms with van der Waals surface area (Å²) < 4.78 is 29.1. The molecule has 0 aliphatic carbocycles. The molecule has 0 fully saturated rings. The van der Waals surface area contributed by atoms with Gasteiger partial charge in [-0.2, -0.15) is 0 Å². The molecule has 0 aromatic heterocycles. The minimum Gasteiger partial charge on any atom is -0.397 e. The number of aliphatic hydroxyl groups excluding tert-OH is 3. The minimum atomic E-state index is -0.167. The van der Waals surface area contributed by atoms with Gasteiger partial charge in [-0.05, 0) is 27.7 Å². The Labute approximate surface area is 262 Å². The van der Waals surface area contributed by atoms with Crippen LogP contribution in [0, 0.1) is 0 Å². The number of hydrogen-bond donors (Lipinski definition) is 3. The van der Waals surface area contributed by atoms with Gasteiger partial charge in [0, 0.05) is 33.5 Å². The normalized spacial score (nSPS) is 6.00. The molecule has 0 atom stereocenters. The summed E-state index contributed by atoms with van der Waals surface area (Å²) in [5.41, 5.74) is 0. The lowest BCUT2D eigenvalue weighted by Crippen LogP contribution is -2.10. The Kier molecular flexibility index (Phi) is 556. The highest BCUT2D eigenvalue weighted by Gasteiger charge is 1.89. The smallest absolute Gasteiger partial charge is 0.152 e. The summed E-state index contributed by atoms with van der Waals surface area (Å²) in [7, 11) is 3.15. The molecule has 0 saturated carbocycles. The van der Waals surface area contributed by atoms with Crippen LogP contribution >= 0.6 is 0 Å². The van der Waals surface area contributed by atoms with Gasteiger partial charge in [-0.1, -0.05) is 117 Å². The predicted octanol–water partition coefficient (Wildman–Crippen LogP) is 10.2. The Hall–Kier alpha value is -0.360. The van der Waals surface area contributed by atoms with E-state index in [2.05, 4.69) is 18.6 Å². The van der Waals surface area contributed by atoms with E-state index in [0.717, 1.165) is 0 Å². The average Bonchev–Trinajstić information content (AvgIpc) is 2.58. The summed E-state index contributed by atoms with van der Waals surface area (Å²) in [5, 5.41) is 23.2. The average molecular weight is 615 g/mol. The Morgan fingerprint density at radius 3 is 0.850 bits per heavy atom. The summed E-state index contributed by atoms with van der Waals surface area (Å²) in [4.78, 5) is 0. The van der Waals surface area contributed by atoms with Gasteiger partial charge in [-0.15, -0.1) is 0 Å². The first-order valence-corrected chi connectivity index (χ1v) is 9.08. The van der Waals surface area contributed by atoms with E-state index >= 15 is 0 Å². The van der Waals surface area contributed by atoms with Gasteiger partial charge in [0.05, 0.1) is 13.2 Å². The lowest BCUT2D eigenvalue weighted by molar-refractivity contribution is -0.189.